The van der Waals surface area contributed by atoms with Gasteiger partial charge in [-0.1, -0.05) is 38.1 Å². The zero-order chi connectivity index (χ0) is 19.4. The summed E-state index contributed by atoms with van der Waals surface area (Å²) < 4.78 is 12.7. The molecule has 3 aromatic rings. The van der Waals surface area contributed by atoms with Gasteiger partial charge in [0.05, 0.1) is 20.4 Å². The smallest absolute Gasteiger partial charge is 0.216 e. The van der Waals surface area contributed by atoms with E-state index in [1.54, 1.807) is 25.1 Å². The van der Waals surface area contributed by atoms with E-state index in [2.05, 4.69) is 41.3 Å². The quantitative estimate of drug-likeness (QED) is 0.499. The predicted molar refractivity (Wildman–Crippen MR) is 109 cm³/mol. The van der Waals surface area contributed by atoms with Gasteiger partial charge in [-0.15, -0.1) is 0 Å². The van der Waals surface area contributed by atoms with E-state index in [-0.39, 0.29) is 0 Å². The maximum absolute atomic E-state index is 5.37. The van der Waals surface area contributed by atoms with E-state index in [0.717, 1.165) is 11.1 Å². The minimum Gasteiger partial charge on any atom is -0.493 e. The van der Waals surface area contributed by atoms with Gasteiger partial charge in [-0.3, -0.25) is 0 Å². The van der Waals surface area contributed by atoms with Gasteiger partial charge in [-0.2, -0.15) is 14.9 Å². The molecule has 140 valence electrons. The fourth-order valence-electron chi connectivity index (χ4n) is 2.65. The third kappa shape index (κ3) is 4.09. The first-order chi connectivity index (χ1) is 13.0. The average molecular weight is 382 g/mol. The summed E-state index contributed by atoms with van der Waals surface area (Å²) in [4.78, 5) is 0. The molecule has 0 aliphatic heterocycles. The van der Waals surface area contributed by atoms with Crippen molar-refractivity contribution in [3.8, 4) is 22.9 Å². The Hall–Kier alpha value is -2.93. The van der Waals surface area contributed by atoms with E-state index in [9.17, 15) is 0 Å². The van der Waals surface area contributed by atoms with E-state index in [0.29, 0.717) is 28.0 Å². The van der Waals surface area contributed by atoms with Crippen LogP contribution in [0.15, 0.2) is 47.6 Å². The first-order valence-electron chi connectivity index (χ1n) is 8.57. The molecular weight excluding hydrogens is 360 g/mol. The molecule has 3 rings (SSSR count). The van der Waals surface area contributed by atoms with Gasteiger partial charge in [-0.05, 0) is 47.5 Å². The molecule has 1 N–H and O–H groups in total. The van der Waals surface area contributed by atoms with Crippen LogP contribution in [0.1, 0.15) is 30.9 Å². The van der Waals surface area contributed by atoms with Crippen LogP contribution < -0.4 is 9.47 Å². The summed E-state index contributed by atoms with van der Waals surface area (Å²) >= 11 is 5.33. The first kappa shape index (κ1) is 18.8. The molecule has 2 aromatic carbocycles. The van der Waals surface area contributed by atoms with Crippen molar-refractivity contribution in [1.29, 1.82) is 0 Å². The Kier molecular flexibility index (Phi) is 5.71. The molecule has 6 nitrogen and oxygen atoms in total. The van der Waals surface area contributed by atoms with Gasteiger partial charge < -0.3 is 9.47 Å². The standard InChI is InChI=1S/C20H22N4O2S/c1-13(2)15-7-5-14(6-8-15)12-21-24-19(22-23-20(24)27)16-9-10-17(25-3)18(11-16)26-4/h5-13H,1-4H3,(H,23,27)/b21-12-. The van der Waals surface area contributed by atoms with Gasteiger partial charge in [-0.25, -0.2) is 5.10 Å². The topological polar surface area (TPSA) is 64.4 Å². The average Bonchev–Trinajstić information content (AvgIpc) is 3.06. The Balaban J connectivity index is 1.94. The van der Waals surface area contributed by atoms with Gasteiger partial charge >= 0.3 is 0 Å². The van der Waals surface area contributed by atoms with Crippen molar-refractivity contribution >= 4 is 18.4 Å². The highest BCUT2D eigenvalue weighted by atomic mass is 32.1. The third-order valence-electron chi connectivity index (χ3n) is 4.22. The number of hydrogen-bond acceptors (Lipinski definition) is 5. The molecule has 1 aromatic heterocycles. The fourth-order valence-corrected chi connectivity index (χ4v) is 2.83. The number of H-pyrrole nitrogens is 1. The number of nitrogens with zero attached hydrogens (tertiary/aromatic N) is 3. The lowest BCUT2D eigenvalue weighted by atomic mass is 10.0. The van der Waals surface area contributed by atoms with Gasteiger partial charge in [0, 0.05) is 5.56 Å². The Morgan fingerprint density at radius 3 is 2.41 bits per heavy atom. The Labute approximate surface area is 163 Å². The lowest BCUT2D eigenvalue weighted by molar-refractivity contribution is 0.355. The highest BCUT2D eigenvalue weighted by Crippen LogP contribution is 2.31. The molecular formula is C20H22N4O2S. The summed E-state index contributed by atoms with van der Waals surface area (Å²) in [6, 6.07) is 13.8. The number of rotatable bonds is 6. The molecule has 0 atom stereocenters. The molecule has 0 bridgehead atoms. The molecule has 0 saturated carbocycles. The molecule has 0 aliphatic rings. The fraction of sp³-hybridized carbons (Fsp3) is 0.250. The molecule has 0 spiro atoms. The molecule has 0 radical (unpaired) electrons. The SMILES string of the molecule is COc1ccc(-c2n[nH]c(=S)n2/N=C\c2ccc(C(C)C)cc2)cc1OC. The lowest BCUT2D eigenvalue weighted by Crippen LogP contribution is -1.97. The number of aromatic amines is 1. The summed E-state index contributed by atoms with van der Waals surface area (Å²) in [7, 11) is 3.19. The van der Waals surface area contributed by atoms with Crippen LogP contribution in [0.2, 0.25) is 0 Å². The van der Waals surface area contributed by atoms with Crippen LogP contribution in [-0.4, -0.2) is 35.3 Å². The van der Waals surface area contributed by atoms with Crippen molar-refractivity contribution in [2.24, 2.45) is 5.10 Å². The van der Waals surface area contributed by atoms with Crippen molar-refractivity contribution in [3.63, 3.8) is 0 Å². The van der Waals surface area contributed by atoms with Crippen LogP contribution >= 0.6 is 12.2 Å². The predicted octanol–water partition coefficient (Wildman–Crippen LogP) is 4.63. The van der Waals surface area contributed by atoms with Gasteiger partial charge in [0.25, 0.3) is 0 Å². The monoisotopic (exact) mass is 382 g/mol. The van der Waals surface area contributed by atoms with Gasteiger partial charge in [0.1, 0.15) is 0 Å². The van der Waals surface area contributed by atoms with Crippen LogP contribution in [0, 0.1) is 4.77 Å². The highest BCUT2D eigenvalue weighted by Gasteiger charge is 2.12. The molecule has 0 aliphatic carbocycles. The van der Waals surface area contributed by atoms with E-state index in [1.165, 1.54) is 5.56 Å². The summed E-state index contributed by atoms with van der Waals surface area (Å²) in [6.45, 7) is 4.34. The van der Waals surface area contributed by atoms with Crippen molar-refractivity contribution in [1.82, 2.24) is 14.9 Å². The molecule has 1 heterocycles. The summed E-state index contributed by atoms with van der Waals surface area (Å²) in [5.41, 5.74) is 3.09. The summed E-state index contributed by atoms with van der Waals surface area (Å²) in [5, 5.41) is 11.6. The first-order valence-corrected chi connectivity index (χ1v) is 8.98. The normalized spacial score (nSPS) is 11.3. The number of nitrogens with one attached hydrogen (secondary N) is 1. The maximum atomic E-state index is 5.37. The van der Waals surface area contributed by atoms with Crippen molar-refractivity contribution in [2.75, 3.05) is 14.2 Å². The lowest BCUT2D eigenvalue weighted by Gasteiger charge is -2.09. The second kappa shape index (κ2) is 8.18. The molecule has 7 heteroatoms. The number of ether oxygens (including phenoxy) is 2. The summed E-state index contributed by atoms with van der Waals surface area (Å²) in [6.07, 6.45) is 1.76. The van der Waals surface area contributed by atoms with E-state index >= 15 is 0 Å². The third-order valence-corrected chi connectivity index (χ3v) is 4.48. The van der Waals surface area contributed by atoms with Crippen LogP contribution in [0.25, 0.3) is 11.4 Å². The van der Waals surface area contributed by atoms with Gasteiger partial charge in [0.15, 0.2) is 17.3 Å². The van der Waals surface area contributed by atoms with E-state index in [1.807, 2.05) is 30.3 Å². The van der Waals surface area contributed by atoms with Crippen LogP contribution in [0.4, 0.5) is 0 Å². The van der Waals surface area contributed by atoms with Crippen molar-refractivity contribution in [2.45, 2.75) is 19.8 Å². The largest absolute Gasteiger partial charge is 0.493 e. The second-order valence-electron chi connectivity index (χ2n) is 6.30. The van der Waals surface area contributed by atoms with E-state index in [4.69, 9.17) is 21.7 Å². The zero-order valence-corrected chi connectivity index (χ0v) is 16.6. The molecule has 0 unspecified atom stereocenters. The molecule has 0 amide bonds. The van der Waals surface area contributed by atoms with Crippen LogP contribution in [0.5, 0.6) is 11.5 Å². The molecule has 27 heavy (non-hydrogen) atoms. The Morgan fingerprint density at radius 1 is 1.07 bits per heavy atom. The number of aromatic nitrogens is 3. The number of hydrogen-bond donors (Lipinski definition) is 1. The second-order valence-corrected chi connectivity index (χ2v) is 6.69. The minimum atomic E-state index is 0.412. The number of benzene rings is 2. The summed E-state index contributed by atoms with van der Waals surface area (Å²) in [5.74, 6) is 2.35. The van der Waals surface area contributed by atoms with Crippen LogP contribution in [0.3, 0.4) is 0 Å². The minimum absolute atomic E-state index is 0.412. The van der Waals surface area contributed by atoms with Gasteiger partial charge in [0.2, 0.25) is 4.77 Å². The van der Waals surface area contributed by atoms with Crippen molar-refractivity contribution in [3.05, 3.63) is 58.4 Å². The zero-order valence-electron chi connectivity index (χ0n) is 15.8. The van der Waals surface area contributed by atoms with E-state index < -0.39 is 0 Å². The number of methoxy groups -OCH3 is 2. The Morgan fingerprint density at radius 2 is 1.78 bits per heavy atom. The Bertz CT molecular complexity index is 1000. The molecule has 0 saturated heterocycles. The molecule has 0 fully saturated rings. The van der Waals surface area contributed by atoms with Crippen LogP contribution in [-0.2, 0) is 0 Å². The van der Waals surface area contributed by atoms with Crippen molar-refractivity contribution < 1.29 is 9.47 Å². The highest BCUT2D eigenvalue weighted by molar-refractivity contribution is 7.71. The maximum Gasteiger partial charge on any atom is 0.216 e.